The minimum absolute atomic E-state index is 0.121. The van der Waals surface area contributed by atoms with E-state index in [4.69, 9.17) is 0 Å². The van der Waals surface area contributed by atoms with Crippen molar-refractivity contribution in [3.63, 3.8) is 0 Å². The zero-order valence-electron chi connectivity index (χ0n) is 16.6. The highest BCUT2D eigenvalue weighted by Crippen LogP contribution is 2.50. The third-order valence-electron chi connectivity index (χ3n) is 6.72. The Morgan fingerprint density at radius 3 is 2.69 bits per heavy atom. The Labute approximate surface area is 169 Å². The van der Waals surface area contributed by atoms with Crippen LogP contribution in [0.1, 0.15) is 41.2 Å². The average Bonchev–Trinajstić information content (AvgIpc) is 3.16. The number of carbonyl (C=O) groups excluding carboxylic acids is 2. The van der Waals surface area contributed by atoms with Crippen molar-refractivity contribution in [2.75, 3.05) is 26.2 Å². The average molecular weight is 396 g/mol. The molecule has 0 unspecified atom stereocenters. The number of rotatable bonds is 4. The highest BCUT2D eigenvalue weighted by Gasteiger charge is 2.59. The zero-order chi connectivity index (χ0) is 20.2. The molecule has 6 nitrogen and oxygen atoms in total. The summed E-state index contributed by atoms with van der Waals surface area (Å²) < 4.78 is 15.2. The summed E-state index contributed by atoms with van der Waals surface area (Å²) in [7, 11) is 1.91. The molecular formula is C22H25FN4O2. The maximum Gasteiger partial charge on any atom is 0.253 e. The number of imidazole rings is 1. The van der Waals surface area contributed by atoms with Gasteiger partial charge in [-0.15, -0.1) is 0 Å². The quantitative estimate of drug-likeness (QED) is 0.798. The van der Waals surface area contributed by atoms with Crippen molar-refractivity contribution >= 4 is 11.8 Å². The Hall–Kier alpha value is -2.70. The second-order valence-electron chi connectivity index (χ2n) is 8.81. The van der Waals surface area contributed by atoms with Gasteiger partial charge in [0, 0.05) is 50.9 Å². The van der Waals surface area contributed by atoms with E-state index < -0.39 is 5.41 Å². The number of halogens is 1. The summed E-state index contributed by atoms with van der Waals surface area (Å²) >= 11 is 0. The zero-order valence-corrected chi connectivity index (χ0v) is 16.6. The van der Waals surface area contributed by atoms with Crippen molar-refractivity contribution in [2.45, 2.75) is 25.2 Å². The Bertz CT molecular complexity index is 952. The van der Waals surface area contributed by atoms with Gasteiger partial charge in [-0.3, -0.25) is 9.59 Å². The summed E-state index contributed by atoms with van der Waals surface area (Å²) in [6.45, 7) is 2.43. The largest absolute Gasteiger partial charge is 0.342 e. The molecule has 1 saturated carbocycles. The van der Waals surface area contributed by atoms with Gasteiger partial charge in [0.2, 0.25) is 5.91 Å². The Kier molecular flexibility index (Phi) is 4.22. The molecule has 29 heavy (non-hydrogen) atoms. The number of aromatic nitrogens is 2. The van der Waals surface area contributed by atoms with Crippen LogP contribution in [0.5, 0.6) is 0 Å². The first-order valence-corrected chi connectivity index (χ1v) is 10.3. The number of hydrogen-bond donors (Lipinski definition) is 0. The maximum absolute atomic E-state index is 13.5. The fraction of sp³-hybridized carbons (Fsp3) is 0.500. The third kappa shape index (κ3) is 3.12. The van der Waals surface area contributed by atoms with Crippen LogP contribution < -0.4 is 0 Å². The maximum atomic E-state index is 13.5. The standard InChI is InChI=1S/C22H25FN4O2/c1-25-12-19(24-14-25)18-11-27(20(28)16-4-6-17(23)7-5-16)13-22(18)8-9-26(21(22)29)10-15-2-3-15/h4-7,12,14-15,18H,2-3,8-11,13H2,1H3/t18-,22+/m1/s1. The number of aryl methyl sites for hydroxylation is 1. The first-order chi connectivity index (χ1) is 14.0. The second kappa shape index (κ2) is 6.68. The number of likely N-dealkylation sites (tertiary alicyclic amines) is 2. The van der Waals surface area contributed by atoms with Crippen LogP contribution in [0.15, 0.2) is 36.8 Å². The Morgan fingerprint density at radius 1 is 1.28 bits per heavy atom. The molecule has 2 aliphatic heterocycles. The van der Waals surface area contributed by atoms with Gasteiger partial charge in [0.25, 0.3) is 5.91 Å². The van der Waals surface area contributed by atoms with Crippen LogP contribution in [-0.2, 0) is 11.8 Å². The molecule has 1 aromatic carbocycles. The molecule has 5 rings (SSSR count). The molecule has 3 heterocycles. The fourth-order valence-electron chi connectivity index (χ4n) is 4.94. The fourth-order valence-corrected chi connectivity index (χ4v) is 4.94. The van der Waals surface area contributed by atoms with Crippen LogP contribution in [0.2, 0.25) is 0 Å². The van der Waals surface area contributed by atoms with Gasteiger partial charge in [-0.25, -0.2) is 9.37 Å². The molecule has 1 aliphatic carbocycles. The minimum atomic E-state index is -0.612. The van der Waals surface area contributed by atoms with E-state index in [9.17, 15) is 14.0 Å². The predicted octanol–water partition coefficient (Wildman–Crippen LogP) is 2.43. The van der Waals surface area contributed by atoms with E-state index in [-0.39, 0.29) is 23.5 Å². The lowest BCUT2D eigenvalue weighted by Gasteiger charge is -2.27. The smallest absolute Gasteiger partial charge is 0.253 e. The van der Waals surface area contributed by atoms with Crippen LogP contribution >= 0.6 is 0 Å². The topological polar surface area (TPSA) is 58.4 Å². The number of nitrogens with zero attached hydrogens (tertiary/aromatic N) is 4. The molecule has 2 atom stereocenters. The van der Waals surface area contributed by atoms with Crippen LogP contribution in [0.3, 0.4) is 0 Å². The molecule has 152 valence electrons. The molecule has 3 aliphatic rings. The summed E-state index contributed by atoms with van der Waals surface area (Å²) in [6, 6.07) is 5.61. The molecule has 0 N–H and O–H groups in total. The molecule has 2 amide bonds. The van der Waals surface area contributed by atoms with E-state index in [1.54, 1.807) is 11.2 Å². The molecule has 2 aromatic rings. The lowest BCUT2D eigenvalue weighted by atomic mass is 9.75. The number of amides is 2. The van der Waals surface area contributed by atoms with Crippen LogP contribution in [0, 0.1) is 17.2 Å². The number of carbonyl (C=O) groups is 2. The Morgan fingerprint density at radius 2 is 2.03 bits per heavy atom. The summed E-state index contributed by atoms with van der Waals surface area (Å²) in [5, 5.41) is 0. The van der Waals surface area contributed by atoms with E-state index >= 15 is 0 Å². The van der Waals surface area contributed by atoms with Crippen LogP contribution in [-0.4, -0.2) is 57.3 Å². The first kappa shape index (κ1) is 18.3. The van der Waals surface area contributed by atoms with E-state index in [0.717, 1.165) is 25.2 Å². The van der Waals surface area contributed by atoms with Gasteiger partial charge in [0.15, 0.2) is 0 Å². The lowest BCUT2D eigenvalue weighted by Crippen LogP contribution is -2.41. The first-order valence-electron chi connectivity index (χ1n) is 10.3. The second-order valence-corrected chi connectivity index (χ2v) is 8.81. The molecule has 2 saturated heterocycles. The van der Waals surface area contributed by atoms with Crippen molar-refractivity contribution in [1.29, 1.82) is 0 Å². The monoisotopic (exact) mass is 396 g/mol. The van der Waals surface area contributed by atoms with E-state index in [2.05, 4.69) is 4.98 Å². The highest BCUT2D eigenvalue weighted by atomic mass is 19.1. The van der Waals surface area contributed by atoms with E-state index in [0.29, 0.717) is 24.6 Å². The minimum Gasteiger partial charge on any atom is -0.342 e. The van der Waals surface area contributed by atoms with Gasteiger partial charge in [-0.2, -0.15) is 0 Å². The number of hydrogen-bond acceptors (Lipinski definition) is 3. The van der Waals surface area contributed by atoms with Crippen molar-refractivity contribution in [1.82, 2.24) is 19.4 Å². The van der Waals surface area contributed by atoms with Crippen molar-refractivity contribution in [2.24, 2.45) is 18.4 Å². The van der Waals surface area contributed by atoms with Crippen molar-refractivity contribution < 1.29 is 14.0 Å². The molecule has 1 aromatic heterocycles. The third-order valence-corrected chi connectivity index (χ3v) is 6.72. The van der Waals surface area contributed by atoms with Crippen molar-refractivity contribution in [3.05, 3.63) is 53.9 Å². The molecule has 0 bridgehead atoms. The summed E-state index contributed by atoms with van der Waals surface area (Å²) in [5.74, 6) is 0.156. The molecule has 3 fully saturated rings. The van der Waals surface area contributed by atoms with Gasteiger partial charge >= 0.3 is 0 Å². The van der Waals surface area contributed by atoms with E-state index in [1.807, 2.05) is 22.7 Å². The lowest BCUT2D eigenvalue weighted by molar-refractivity contribution is -0.136. The van der Waals surface area contributed by atoms with Gasteiger partial charge in [-0.05, 0) is 49.4 Å². The van der Waals surface area contributed by atoms with Crippen LogP contribution in [0.4, 0.5) is 4.39 Å². The van der Waals surface area contributed by atoms with Crippen molar-refractivity contribution in [3.8, 4) is 0 Å². The highest BCUT2D eigenvalue weighted by molar-refractivity contribution is 5.96. The number of benzene rings is 1. The molecule has 0 radical (unpaired) electrons. The molecule has 1 spiro atoms. The molecular weight excluding hydrogens is 371 g/mol. The summed E-state index contributed by atoms with van der Waals surface area (Å²) in [6.07, 6.45) is 6.85. The van der Waals surface area contributed by atoms with Crippen LogP contribution in [0.25, 0.3) is 0 Å². The van der Waals surface area contributed by atoms with E-state index in [1.165, 1.54) is 37.1 Å². The summed E-state index contributed by atoms with van der Waals surface area (Å²) in [4.78, 5) is 34.9. The summed E-state index contributed by atoms with van der Waals surface area (Å²) in [5.41, 5.74) is 0.700. The Balaban J connectivity index is 1.46. The predicted molar refractivity (Wildman–Crippen MR) is 105 cm³/mol. The van der Waals surface area contributed by atoms with Gasteiger partial charge in [-0.1, -0.05) is 0 Å². The molecule has 7 heteroatoms. The van der Waals surface area contributed by atoms with Gasteiger partial charge in [0.05, 0.1) is 17.4 Å². The SMILES string of the molecule is Cn1cnc([C@H]2CN(C(=O)c3ccc(F)cc3)C[C@@]23CCN(CC2CC2)C3=O)c1. The van der Waals surface area contributed by atoms with Gasteiger partial charge < -0.3 is 14.4 Å². The van der Waals surface area contributed by atoms with Gasteiger partial charge in [0.1, 0.15) is 5.82 Å². The normalized spacial score (nSPS) is 26.7.